The maximum atomic E-state index is 5.80. The number of nitrogens with one attached hydrogen (secondary N) is 1. The van der Waals surface area contributed by atoms with Crippen molar-refractivity contribution < 1.29 is 14.2 Å². The molecule has 0 bridgehead atoms. The lowest BCUT2D eigenvalue weighted by atomic mass is 10.3. The van der Waals surface area contributed by atoms with Crippen LogP contribution in [0.4, 0.5) is 11.5 Å². The van der Waals surface area contributed by atoms with Crippen LogP contribution in [0.5, 0.6) is 5.88 Å². The first kappa shape index (κ1) is 15.5. The monoisotopic (exact) mass is 269 g/mol. The molecule has 0 radical (unpaired) electrons. The molecule has 108 valence electrons. The Hall–Kier alpha value is -1.53. The predicted molar refractivity (Wildman–Crippen MR) is 75.6 cm³/mol. The number of nitrogens with two attached hydrogens (primary N) is 1. The zero-order valence-electron chi connectivity index (χ0n) is 11.8. The van der Waals surface area contributed by atoms with Gasteiger partial charge in [0.1, 0.15) is 5.82 Å². The highest BCUT2D eigenvalue weighted by atomic mass is 16.5. The van der Waals surface area contributed by atoms with E-state index in [4.69, 9.17) is 19.9 Å². The van der Waals surface area contributed by atoms with Crippen molar-refractivity contribution in [2.75, 3.05) is 45.0 Å². The molecule has 0 fully saturated rings. The summed E-state index contributed by atoms with van der Waals surface area (Å²) in [6.45, 7) is 3.77. The van der Waals surface area contributed by atoms with Gasteiger partial charge in [0.2, 0.25) is 5.88 Å². The van der Waals surface area contributed by atoms with E-state index < -0.39 is 0 Å². The minimum atomic E-state index is -0.0237. The molecule has 0 saturated heterocycles. The molecule has 1 heterocycles. The molecule has 0 aliphatic carbocycles. The Kier molecular flexibility index (Phi) is 6.99. The number of anilines is 2. The predicted octanol–water partition coefficient (Wildman–Crippen LogP) is 1.53. The Balaban J connectivity index is 2.58. The van der Waals surface area contributed by atoms with Crippen LogP contribution in [0.25, 0.3) is 0 Å². The van der Waals surface area contributed by atoms with E-state index in [1.165, 1.54) is 0 Å². The third kappa shape index (κ3) is 5.32. The van der Waals surface area contributed by atoms with Crippen molar-refractivity contribution in [2.45, 2.75) is 19.4 Å². The number of hydrogen-bond acceptors (Lipinski definition) is 6. The molecule has 1 rings (SSSR count). The minimum absolute atomic E-state index is 0.0237. The molecule has 3 N–H and O–H groups in total. The van der Waals surface area contributed by atoms with E-state index in [2.05, 4.69) is 10.3 Å². The summed E-state index contributed by atoms with van der Waals surface area (Å²) in [6.07, 6.45) is 0.891. The summed E-state index contributed by atoms with van der Waals surface area (Å²) in [4.78, 5) is 4.32. The average molecular weight is 269 g/mol. The fourth-order valence-electron chi connectivity index (χ4n) is 1.48. The first-order chi connectivity index (χ1) is 9.21. The number of aromatic nitrogens is 1. The van der Waals surface area contributed by atoms with Crippen molar-refractivity contribution in [3.8, 4) is 5.88 Å². The number of methoxy groups -OCH3 is 2. The molecular weight excluding hydrogens is 246 g/mol. The lowest BCUT2D eigenvalue weighted by molar-refractivity contribution is 0.0365. The topological polar surface area (TPSA) is 78.6 Å². The van der Waals surface area contributed by atoms with Crippen molar-refractivity contribution in [1.82, 2.24) is 4.98 Å². The standard InChI is InChI=1S/C13H23N3O3/c1-4-7-19-13-11(14)5-6-12(16-13)15-8-10(18-3)9-17-2/h5-6,10H,4,7-9,14H2,1-3H3,(H,15,16). The second-order valence-electron chi connectivity index (χ2n) is 4.13. The van der Waals surface area contributed by atoms with Gasteiger partial charge in [-0.1, -0.05) is 6.92 Å². The van der Waals surface area contributed by atoms with Crippen LogP contribution in [0.15, 0.2) is 12.1 Å². The fourth-order valence-corrected chi connectivity index (χ4v) is 1.48. The normalized spacial score (nSPS) is 12.2. The third-order valence-electron chi connectivity index (χ3n) is 2.53. The van der Waals surface area contributed by atoms with Crippen molar-refractivity contribution in [3.63, 3.8) is 0 Å². The van der Waals surface area contributed by atoms with Crippen LogP contribution in [-0.2, 0) is 9.47 Å². The van der Waals surface area contributed by atoms with Crippen LogP contribution in [0.3, 0.4) is 0 Å². The Morgan fingerprint density at radius 3 is 2.79 bits per heavy atom. The molecule has 1 unspecified atom stereocenters. The van der Waals surface area contributed by atoms with Gasteiger partial charge in [0.25, 0.3) is 0 Å². The van der Waals surface area contributed by atoms with Gasteiger partial charge in [0.05, 0.1) is 25.0 Å². The quantitative estimate of drug-likeness (QED) is 0.707. The van der Waals surface area contributed by atoms with E-state index in [0.29, 0.717) is 37.1 Å². The van der Waals surface area contributed by atoms with E-state index in [1.807, 2.05) is 13.0 Å². The Bertz CT molecular complexity index is 374. The number of ether oxygens (including phenoxy) is 3. The highest BCUT2D eigenvalue weighted by Gasteiger charge is 2.08. The van der Waals surface area contributed by atoms with E-state index in [0.717, 1.165) is 6.42 Å². The van der Waals surface area contributed by atoms with Gasteiger partial charge in [-0.3, -0.25) is 0 Å². The molecule has 1 atom stereocenters. The summed E-state index contributed by atoms with van der Waals surface area (Å²) in [5.41, 5.74) is 6.34. The summed E-state index contributed by atoms with van der Waals surface area (Å²) in [7, 11) is 3.29. The molecule has 6 heteroatoms. The second kappa shape index (κ2) is 8.55. The average Bonchev–Trinajstić information content (AvgIpc) is 2.43. The highest BCUT2D eigenvalue weighted by Crippen LogP contribution is 2.20. The van der Waals surface area contributed by atoms with E-state index in [9.17, 15) is 0 Å². The van der Waals surface area contributed by atoms with Gasteiger partial charge in [0.15, 0.2) is 0 Å². The van der Waals surface area contributed by atoms with Crippen LogP contribution in [-0.4, -0.2) is 45.1 Å². The molecule has 1 aromatic rings. The smallest absolute Gasteiger partial charge is 0.239 e. The summed E-state index contributed by atoms with van der Waals surface area (Å²) in [5, 5.41) is 3.17. The summed E-state index contributed by atoms with van der Waals surface area (Å²) in [6, 6.07) is 3.59. The van der Waals surface area contributed by atoms with Gasteiger partial charge >= 0.3 is 0 Å². The third-order valence-corrected chi connectivity index (χ3v) is 2.53. The molecule has 0 aliphatic rings. The largest absolute Gasteiger partial charge is 0.476 e. The SMILES string of the molecule is CCCOc1nc(NCC(COC)OC)ccc1N. The molecule has 0 saturated carbocycles. The summed E-state index contributed by atoms with van der Waals surface area (Å²) >= 11 is 0. The first-order valence-electron chi connectivity index (χ1n) is 6.36. The maximum absolute atomic E-state index is 5.80. The number of rotatable bonds is 9. The van der Waals surface area contributed by atoms with E-state index >= 15 is 0 Å². The van der Waals surface area contributed by atoms with Crippen LogP contribution in [0.1, 0.15) is 13.3 Å². The molecule has 1 aromatic heterocycles. The zero-order chi connectivity index (χ0) is 14.1. The second-order valence-corrected chi connectivity index (χ2v) is 4.13. The Labute approximate surface area is 114 Å². The minimum Gasteiger partial charge on any atom is -0.476 e. The van der Waals surface area contributed by atoms with Gasteiger partial charge in [0, 0.05) is 20.8 Å². The summed E-state index contributed by atoms with van der Waals surface area (Å²) in [5.74, 6) is 1.17. The Morgan fingerprint density at radius 2 is 2.16 bits per heavy atom. The maximum Gasteiger partial charge on any atom is 0.239 e. The Morgan fingerprint density at radius 1 is 1.37 bits per heavy atom. The fraction of sp³-hybridized carbons (Fsp3) is 0.615. The van der Waals surface area contributed by atoms with E-state index in [1.54, 1.807) is 20.3 Å². The number of nitrogens with zero attached hydrogens (tertiary/aromatic N) is 1. The van der Waals surface area contributed by atoms with Gasteiger partial charge in [-0.2, -0.15) is 4.98 Å². The number of pyridine rings is 1. The van der Waals surface area contributed by atoms with Crippen molar-refractivity contribution >= 4 is 11.5 Å². The molecule has 0 aliphatic heterocycles. The van der Waals surface area contributed by atoms with Crippen molar-refractivity contribution in [2.24, 2.45) is 0 Å². The van der Waals surface area contributed by atoms with Gasteiger partial charge in [-0.25, -0.2) is 0 Å². The molecule has 0 amide bonds. The van der Waals surface area contributed by atoms with Crippen molar-refractivity contribution in [3.05, 3.63) is 12.1 Å². The van der Waals surface area contributed by atoms with Gasteiger partial charge in [-0.05, 0) is 18.6 Å². The van der Waals surface area contributed by atoms with Crippen molar-refractivity contribution in [1.29, 1.82) is 0 Å². The first-order valence-corrected chi connectivity index (χ1v) is 6.36. The molecule has 0 aromatic carbocycles. The highest BCUT2D eigenvalue weighted by molar-refractivity contribution is 5.53. The lowest BCUT2D eigenvalue weighted by Crippen LogP contribution is -2.26. The summed E-state index contributed by atoms with van der Waals surface area (Å²) < 4.78 is 15.8. The van der Waals surface area contributed by atoms with Crippen LogP contribution in [0, 0.1) is 0 Å². The van der Waals surface area contributed by atoms with Crippen LogP contribution < -0.4 is 15.8 Å². The molecule has 19 heavy (non-hydrogen) atoms. The van der Waals surface area contributed by atoms with Gasteiger partial charge < -0.3 is 25.3 Å². The molecular formula is C13H23N3O3. The molecule has 0 spiro atoms. The molecule has 6 nitrogen and oxygen atoms in total. The number of hydrogen-bond donors (Lipinski definition) is 2. The lowest BCUT2D eigenvalue weighted by Gasteiger charge is -2.16. The zero-order valence-corrected chi connectivity index (χ0v) is 11.8. The van der Waals surface area contributed by atoms with Crippen LogP contribution in [0.2, 0.25) is 0 Å². The van der Waals surface area contributed by atoms with Crippen LogP contribution >= 0.6 is 0 Å². The number of nitrogen functional groups attached to an aromatic ring is 1. The van der Waals surface area contributed by atoms with E-state index in [-0.39, 0.29) is 6.10 Å². The van der Waals surface area contributed by atoms with Gasteiger partial charge in [-0.15, -0.1) is 0 Å².